The minimum absolute atomic E-state index is 0.0859. The van der Waals surface area contributed by atoms with Crippen LogP contribution >= 0.6 is 11.6 Å². The van der Waals surface area contributed by atoms with E-state index < -0.39 is 23.0 Å². The molecule has 0 unspecified atom stereocenters. The quantitative estimate of drug-likeness (QED) is 0.473. The van der Waals surface area contributed by atoms with E-state index in [1.807, 2.05) is 0 Å². The number of aromatic amines is 1. The molecule has 0 aliphatic carbocycles. The second-order valence-electron chi connectivity index (χ2n) is 4.20. The average molecular weight is 295 g/mol. The molecule has 1 aromatic carbocycles. The van der Waals surface area contributed by atoms with Gasteiger partial charge in [-0.15, -0.1) is 0 Å². The van der Waals surface area contributed by atoms with Gasteiger partial charge < -0.3 is 5.73 Å². The summed E-state index contributed by atoms with van der Waals surface area (Å²) in [6.07, 6.45) is 2.78. The monoisotopic (exact) mass is 294 g/mol. The molecule has 3 N–H and O–H groups in total. The number of nitrogens with one attached hydrogen (secondary N) is 1. The third kappa shape index (κ3) is 1.74. The number of rotatable bonds is 2. The van der Waals surface area contributed by atoms with Crippen molar-refractivity contribution in [3.8, 4) is 0 Å². The van der Waals surface area contributed by atoms with Gasteiger partial charge in [0.25, 0.3) is 5.17 Å². The highest BCUT2D eigenvalue weighted by atomic mass is 35.5. The molecule has 0 amide bonds. The Labute approximate surface area is 115 Å². The minimum atomic E-state index is -1.07. The number of H-pyrrole nitrogens is 1. The van der Waals surface area contributed by atoms with Crippen molar-refractivity contribution < 1.29 is 13.6 Å². The molecule has 0 radical (unpaired) electrons. The lowest BCUT2D eigenvalue weighted by molar-refractivity contribution is 0.103. The third-order valence-electron chi connectivity index (χ3n) is 2.97. The fraction of sp³-hybridized carbons (Fsp3) is 0. The molecule has 2 aromatic rings. The molecule has 0 fully saturated rings. The molecule has 3 rings (SSSR count). The van der Waals surface area contributed by atoms with E-state index in [0.29, 0.717) is 10.7 Å². The molecule has 4 nitrogen and oxygen atoms in total. The van der Waals surface area contributed by atoms with Gasteiger partial charge in [-0.05, 0) is 23.7 Å². The van der Waals surface area contributed by atoms with E-state index in [2.05, 4.69) is 9.65 Å². The number of nitrogens with two attached hydrogens (primary N) is 1. The number of ketones is 1. The first-order valence-corrected chi connectivity index (χ1v) is 5.95. The molecule has 0 saturated heterocycles. The first-order chi connectivity index (χ1) is 9.49. The number of nitrogen functional groups attached to an aromatic ring is 1. The zero-order chi connectivity index (χ0) is 14.4. The highest BCUT2D eigenvalue weighted by Gasteiger charge is 2.26. The van der Waals surface area contributed by atoms with Crippen LogP contribution in [0, 0.1) is 11.6 Å². The van der Waals surface area contributed by atoms with E-state index in [9.17, 15) is 13.6 Å². The number of hydrogen-bond acceptors (Lipinski definition) is 2. The van der Waals surface area contributed by atoms with E-state index in [1.54, 1.807) is 0 Å². The number of carbonyl (C=O) groups is 1. The van der Waals surface area contributed by atoms with E-state index in [1.165, 1.54) is 12.3 Å². The van der Waals surface area contributed by atoms with Crippen molar-refractivity contribution in [3.05, 3.63) is 51.8 Å². The summed E-state index contributed by atoms with van der Waals surface area (Å²) in [5.41, 5.74) is 4.84. The fourth-order valence-corrected chi connectivity index (χ4v) is 2.21. The van der Waals surface area contributed by atoms with Crippen molar-refractivity contribution in [2.24, 2.45) is 0 Å². The standard InChI is InChI=1S/C13H6ClF2N3O/c14-9-3-5-6(4-18-13(5)19-9)12(20)10-7(15)1-2-8(17)11(10)16/h1-4H,17H2/p+1. The molecule has 1 aromatic heterocycles. The molecule has 0 atom stereocenters. The van der Waals surface area contributed by atoms with Crippen LogP contribution in [0.15, 0.2) is 18.3 Å². The highest BCUT2D eigenvalue weighted by molar-refractivity contribution is 6.72. The Bertz CT molecular complexity index is 910. The van der Waals surface area contributed by atoms with Gasteiger partial charge in [-0.2, -0.15) is 4.67 Å². The van der Waals surface area contributed by atoms with Gasteiger partial charge in [0.15, 0.2) is 5.82 Å². The van der Waals surface area contributed by atoms with Crippen LogP contribution in [-0.4, -0.2) is 15.9 Å². The van der Waals surface area contributed by atoms with Gasteiger partial charge >= 0.3 is 5.49 Å². The Morgan fingerprint density at radius 1 is 1.35 bits per heavy atom. The molecule has 1 aliphatic rings. The summed E-state index contributed by atoms with van der Waals surface area (Å²) in [7, 11) is 0. The predicted octanol–water partition coefficient (Wildman–Crippen LogP) is 0.224. The molecule has 0 spiro atoms. The van der Waals surface area contributed by atoms with Gasteiger partial charge in [0.1, 0.15) is 17.2 Å². The summed E-state index contributed by atoms with van der Waals surface area (Å²) < 4.78 is 31.5. The zero-order valence-electron chi connectivity index (χ0n) is 9.88. The summed E-state index contributed by atoms with van der Waals surface area (Å²) in [6.45, 7) is 0. The van der Waals surface area contributed by atoms with Crippen LogP contribution in [0.25, 0.3) is 6.08 Å². The smallest absolute Gasteiger partial charge is 0.382 e. The van der Waals surface area contributed by atoms with E-state index in [-0.39, 0.29) is 16.4 Å². The number of hydrogen-bond donors (Lipinski definition) is 2. The van der Waals surface area contributed by atoms with Gasteiger partial charge in [-0.1, -0.05) is 0 Å². The molecule has 7 heteroatoms. The van der Waals surface area contributed by atoms with Crippen LogP contribution in [-0.2, 0) is 0 Å². The van der Waals surface area contributed by atoms with Crippen molar-refractivity contribution in [1.29, 1.82) is 0 Å². The number of fused-ring (bicyclic) bond motifs is 1. The lowest BCUT2D eigenvalue weighted by atomic mass is 10.0. The number of anilines is 1. The Morgan fingerprint density at radius 2 is 2.10 bits per heavy atom. The van der Waals surface area contributed by atoms with Crippen molar-refractivity contribution in [2.75, 3.05) is 5.73 Å². The van der Waals surface area contributed by atoms with Crippen molar-refractivity contribution in [2.45, 2.75) is 0 Å². The van der Waals surface area contributed by atoms with Crippen LogP contribution in [0.3, 0.4) is 0 Å². The molecule has 2 heterocycles. The molecule has 1 aliphatic heterocycles. The molecule has 0 saturated carbocycles. The van der Waals surface area contributed by atoms with Crippen molar-refractivity contribution in [3.63, 3.8) is 0 Å². The van der Waals surface area contributed by atoms with Gasteiger partial charge in [-0.25, -0.2) is 13.8 Å². The van der Waals surface area contributed by atoms with Crippen LogP contribution < -0.4 is 21.1 Å². The second-order valence-corrected chi connectivity index (χ2v) is 4.59. The maximum atomic E-state index is 13.9. The van der Waals surface area contributed by atoms with Gasteiger partial charge in [-0.3, -0.25) is 4.79 Å². The SMILES string of the molecule is Nc1ccc(F)c(C(=O)c2c[nH]c3c2=CC(Cl)=[N+]=3)c1F. The topological polar surface area (TPSA) is 73.0 Å². The number of aromatic nitrogens is 1. The predicted molar refractivity (Wildman–Crippen MR) is 70.8 cm³/mol. The number of carbonyl (C=O) groups excluding carboxylic acids is 1. The Kier molecular flexibility index (Phi) is 2.71. The normalized spacial score (nSPS) is 12.4. The number of nitrogens with zero attached hydrogens (tertiary/aromatic N) is 1. The highest BCUT2D eigenvalue weighted by Crippen LogP contribution is 2.20. The third-order valence-corrected chi connectivity index (χ3v) is 3.17. The molecule has 20 heavy (non-hydrogen) atoms. The summed E-state index contributed by atoms with van der Waals surface area (Å²) in [5.74, 6) is -2.86. The molecule has 100 valence electrons. The Morgan fingerprint density at radius 3 is 2.85 bits per heavy atom. The van der Waals surface area contributed by atoms with Gasteiger partial charge in [0.05, 0.1) is 16.8 Å². The molecular weight excluding hydrogens is 288 g/mol. The summed E-state index contributed by atoms with van der Waals surface area (Å²) in [5, 5.41) is 0.593. The van der Waals surface area contributed by atoms with Crippen LogP contribution in [0.4, 0.5) is 14.5 Å². The Hall–Kier alpha value is -2.43. The van der Waals surface area contributed by atoms with E-state index >= 15 is 0 Å². The zero-order valence-corrected chi connectivity index (χ0v) is 10.6. The summed E-state index contributed by atoms with van der Waals surface area (Å²) >= 11 is 5.72. The van der Waals surface area contributed by atoms with Crippen LogP contribution in [0.2, 0.25) is 0 Å². The second kappa shape index (κ2) is 4.30. The average Bonchev–Trinajstić information content (AvgIpc) is 2.92. The maximum Gasteiger partial charge on any atom is 0.382 e. The lowest BCUT2D eigenvalue weighted by Crippen LogP contribution is -2.27. The Balaban J connectivity index is 2.21. The summed E-state index contributed by atoms with van der Waals surface area (Å²) in [6, 6.07) is 2.01. The van der Waals surface area contributed by atoms with E-state index in [0.717, 1.165) is 12.1 Å². The minimum Gasteiger partial charge on any atom is -0.396 e. The van der Waals surface area contributed by atoms with Gasteiger partial charge in [0, 0.05) is 6.08 Å². The number of halogens is 3. The lowest BCUT2D eigenvalue weighted by Gasteiger charge is -2.04. The molecule has 0 bridgehead atoms. The van der Waals surface area contributed by atoms with E-state index in [4.69, 9.17) is 17.3 Å². The fourth-order valence-electron chi connectivity index (χ4n) is 2.02. The molecular formula is C13H7ClF2N3O+. The van der Waals surface area contributed by atoms with Crippen molar-refractivity contribution in [1.82, 2.24) is 9.65 Å². The van der Waals surface area contributed by atoms with Crippen molar-refractivity contribution >= 4 is 34.3 Å². The van der Waals surface area contributed by atoms with Crippen LogP contribution in [0.1, 0.15) is 15.9 Å². The summed E-state index contributed by atoms with van der Waals surface area (Å²) in [4.78, 5) is 15.0. The first kappa shape index (κ1) is 12.6. The number of benzene rings is 1. The van der Waals surface area contributed by atoms with Gasteiger partial charge in [0.2, 0.25) is 5.78 Å². The maximum absolute atomic E-state index is 13.9. The first-order valence-electron chi connectivity index (χ1n) is 5.57. The van der Waals surface area contributed by atoms with Crippen LogP contribution in [0.5, 0.6) is 0 Å². The largest absolute Gasteiger partial charge is 0.396 e.